The summed E-state index contributed by atoms with van der Waals surface area (Å²) in [5, 5.41) is 6.78. The molecule has 3 rings (SSSR count). The molecule has 1 amide bonds. The lowest BCUT2D eigenvalue weighted by Gasteiger charge is -2.42. The van der Waals surface area contributed by atoms with E-state index in [0.29, 0.717) is 6.54 Å². The molecule has 1 N–H and O–H groups in total. The second-order valence-electron chi connectivity index (χ2n) is 5.53. The molecule has 1 aromatic heterocycles. The first-order valence-electron chi connectivity index (χ1n) is 6.99. The molecule has 0 bridgehead atoms. The van der Waals surface area contributed by atoms with Gasteiger partial charge in [-0.05, 0) is 30.5 Å². The molecule has 1 aliphatic rings. The predicted octanol–water partition coefficient (Wildman–Crippen LogP) is 1.81. The van der Waals surface area contributed by atoms with E-state index in [2.05, 4.69) is 15.4 Å². The summed E-state index contributed by atoms with van der Waals surface area (Å²) in [5.41, 5.74) is 0.795. The number of amides is 1. The Morgan fingerprint density at radius 1 is 1.48 bits per heavy atom. The summed E-state index contributed by atoms with van der Waals surface area (Å²) in [6, 6.07) is 6.65. The number of hydrogen-bond acceptors (Lipinski definition) is 3. The summed E-state index contributed by atoms with van der Waals surface area (Å²) in [7, 11) is 1.67. The molecule has 1 heterocycles. The van der Waals surface area contributed by atoms with Gasteiger partial charge in [0.25, 0.3) is 5.91 Å². The van der Waals surface area contributed by atoms with Crippen LogP contribution in [0.3, 0.4) is 0 Å². The molecule has 2 aromatic rings. The molecule has 6 heteroatoms. The Kier molecular flexibility index (Phi) is 3.45. The van der Waals surface area contributed by atoms with E-state index in [-0.39, 0.29) is 23.0 Å². The number of rotatable bonds is 4. The monoisotopic (exact) mass is 288 g/mol. The Hall–Kier alpha value is -2.24. The summed E-state index contributed by atoms with van der Waals surface area (Å²) in [6.45, 7) is 0.488. The zero-order valence-corrected chi connectivity index (χ0v) is 11.8. The topological polar surface area (TPSA) is 59.8 Å². The fourth-order valence-electron chi connectivity index (χ4n) is 2.82. The fourth-order valence-corrected chi connectivity index (χ4v) is 2.82. The van der Waals surface area contributed by atoms with Gasteiger partial charge in [-0.1, -0.05) is 18.6 Å². The number of aromatic nitrogens is 3. The molecule has 1 saturated carbocycles. The number of nitrogens with zero attached hydrogens (tertiary/aromatic N) is 3. The number of hydrogen-bond donors (Lipinski definition) is 1. The summed E-state index contributed by atoms with van der Waals surface area (Å²) in [5.74, 6) is -0.209. The molecule has 1 aromatic carbocycles. The predicted molar refractivity (Wildman–Crippen MR) is 75.3 cm³/mol. The van der Waals surface area contributed by atoms with E-state index >= 15 is 0 Å². The molecule has 1 aliphatic carbocycles. The molecular weight excluding hydrogens is 271 g/mol. The average Bonchev–Trinajstić information content (AvgIpc) is 2.84. The van der Waals surface area contributed by atoms with E-state index in [1.165, 1.54) is 17.1 Å². The minimum absolute atomic E-state index is 0.156. The highest BCUT2D eigenvalue weighted by molar-refractivity contribution is 5.90. The second-order valence-corrected chi connectivity index (χ2v) is 5.53. The largest absolute Gasteiger partial charge is 0.348 e. The van der Waals surface area contributed by atoms with Crippen molar-refractivity contribution in [2.24, 2.45) is 7.05 Å². The first kappa shape index (κ1) is 13.7. The van der Waals surface area contributed by atoms with E-state index < -0.39 is 0 Å². The summed E-state index contributed by atoms with van der Waals surface area (Å²) >= 11 is 0. The van der Waals surface area contributed by atoms with Crippen molar-refractivity contribution in [2.75, 3.05) is 6.54 Å². The number of halogens is 1. The van der Waals surface area contributed by atoms with Gasteiger partial charge in [0, 0.05) is 19.0 Å². The maximum absolute atomic E-state index is 13.4. The van der Waals surface area contributed by atoms with E-state index in [9.17, 15) is 9.18 Å². The lowest BCUT2D eigenvalue weighted by Crippen LogP contribution is -2.46. The van der Waals surface area contributed by atoms with Crippen molar-refractivity contribution in [2.45, 2.75) is 24.7 Å². The van der Waals surface area contributed by atoms with Gasteiger partial charge in [-0.25, -0.2) is 14.1 Å². The van der Waals surface area contributed by atoms with Crippen LogP contribution in [0.25, 0.3) is 0 Å². The quantitative estimate of drug-likeness (QED) is 0.933. The SMILES string of the molecule is Cn1ncnc1C(=O)NCC1(c2cccc(F)c2)CCC1. The molecule has 21 heavy (non-hydrogen) atoms. The van der Waals surface area contributed by atoms with E-state index in [1.807, 2.05) is 6.07 Å². The molecule has 0 radical (unpaired) electrons. The number of carbonyl (C=O) groups excluding carboxylic acids is 1. The van der Waals surface area contributed by atoms with Crippen LogP contribution in [0.4, 0.5) is 4.39 Å². The van der Waals surface area contributed by atoms with Gasteiger partial charge in [0.15, 0.2) is 0 Å². The molecule has 0 unspecified atom stereocenters. The molecule has 0 atom stereocenters. The van der Waals surface area contributed by atoms with Crippen LogP contribution < -0.4 is 5.32 Å². The van der Waals surface area contributed by atoms with Gasteiger partial charge in [-0.15, -0.1) is 0 Å². The van der Waals surface area contributed by atoms with Gasteiger partial charge in [-0.3, -0.25) is 4.79 Å². The van der Waals surface area contributed by atoms with Crippen LogP contribution in [0.1, 0.15) is 35.4 Å². The van der Waals surface area contributed by atoms with Crippen molar-refractivity contribution < 1.29 is 9.18 Å². The molecule has 110 valence electrons. The summed E-state index contributed by atoms with van der Waals surface area (Å²) in [6.07, 6.45) is 4.35. The molecule has 0 aliphatic heterocycles. The van der Waals surface area contributed by atoms with Crippen LogP contribution in [-0.4, -0.2) is 27.2 Å². The highest BCUT2D eigenvalue weighted by Crippen LogP contribution is 2.43. The zero-order valence-electron chi connectivity index (χ0n) is 11.8. The van der Waals surface area contributed by atoms with Crippen LogP contribution in [0, 0.1) is 5.82 Å². The number of carbonyl (C=O) groups is 1. The van der Waals surface area contributed by atoms with Gasteiger partial charge in [-0.2, -0.15) is 5.10 Å². The highest BCUT2D eigenvalue weighted by Gasteiger charge is 2.39. The van der Waals surface area contributed by atoms with Gasteiger partial charge in [0.1, 0.15) is 12.1 Å². The standard InChI is InChI=1S/C15H17FN4O/c1-20-13(18-10-19-20)14(21)17-9-15(6-3-7-15)11-4-2-5-12(16)8-11/h2,4-5,8,10H,3,6-7,9H2,1H3,(H,17,21). The second kappa shape index (κ2) is 5.27. The van der Waals surface area contributed by atoms with E-state index in [1.54, 1.807) is 19.2 Å². The van der Waals surface area contributed by atoms with E-state index in [0.717, 1.165) is 24.8 Å². The fraction of sp³-hybridized carbons (Fsp3) is 0.400. The Labute approximate surface area is 122 Å². The molecule has 0 saturated heterocycles. The maximum Gasteiger partial charge on any atom is 0.288 e. The number of nitrogens with one attached hydrogen (secondary N) is 1. The maximum atomic E-state index is 13.4. The Bertz CT molecular complexity index is 663. The lowest BCUT2D eigenvalue weighted by atomic mass is 9.64. The molecule has 5 nitrogen and oxygen atoms in total. The third-order valence-electron chi connectivity index (χ3n) is 4.25. The van der Waals surface area contributed by atoms with Crippen LogP contribution in [-0.2, 0) is 12.5 Å². The average molecular weight is 288 g/mol. The minimum Gasteiger partial charge on any atom is -0.348 e. The van der Waals surface area contributed by atoms with Crippen LogP contribution in [0.2, 0.25) is 0 Å². The van der Waals surface area contributed by atoms with Gasteiger partial charge in [0.2, 0.25) is 5.82 Å². The lowest BCUT2D eigenvalue weighted by molar-refractivity contribution is 0.0913. The number of benzene rings is 1. The van der Waals surface area contributed by atoms with Crippen molar-refractivity contribution in [3.8, 4) is 0 Å². The van der Waals surface area contributed by atoms with Crippen molar-refractivity contribution in [1.82, 2.24) is 20.1 Å². The van der Waals surface area contributed by atoms with E-state index in [4.69, 9.17) is 0 Å². The van der Waals surface area contributed by atoms with Crippen LogP contribution in [0.15, 0.2) is 30.6 Å². The van der Waals surface area contributed by atoms with Gasteiger partial charge < -0.3 is 5.32 Å². The third-order valence-corrected chi connectivity index (χ3v) is 4.25. The van der Waals surface area contributed by atoms with Crippen LogP contribution in [0.5, 0.6) is 0 Å². The van der Waals surface area contributed by atoms with Gasteiger partial charge >= 0.3 is 0 Å². The Morgan fingerprint density at radius 2 is 2.29 bits per heavy atom. The first-order valence-corrected chi connectivity index (χ1v) is 6.99. The Balaban J connectivity index is 1.73. The summed E-state index contributed by atoms with van der Waals surface area (Å²) < 4.78 is 14.9. The van der Waals surface area contributed by atoms with Crippen molar-refractivity contribution in [3.05, 3.63) is 47.8 Å². The van der Waals surface area contributed by atoms with Crippen molar-refractivity contribution >= 4 is 5.91 Å². The zero-order chi connectivity index (χ0) is 14.9. The smallest absolute Gasteiger partial charge is 0.288 e. The normalized spacial score (nSPS) is 16.3. The Morgan fingerprint density at radius 3 is 2.86 bits per heavy atom. The van der Waals surface area contributed by atoms with Crippen molar-refractivity contribution in [1.29, 1.82) is 0 Å². The first-order chi connectivity index (χ1) is 10.1. The summed E-state index contributed by atoms with van der Waals surface area (Å²) in [4.78, 5) is 16.0. The van der Waals surface area contributed by atoms with Crippen LogP contribution >= 0.6 is 0 Å². The third kappa shape index (κ3) is 2.53. The molecular formula is C15H17FN4O. The molecule has 1 fully saturated rings. The highest BCUT2D eigenvalue weighted by atomic mass is 19.1. The number of aryl methyl sites for hydroxylation is 1. The molecule has 0 spiro atoms. The van der Waals surface area contributed by atoms with Crippen molar-refractivity contribution in [3.63, 3.8) is 0 Å². The van der Waals surface area contributed by atoms with Gasteiger partial charge in [0.05, 0.1) is 0 Å². The minimum atomic E-state index is -0.252.